The summed E-state index contributed by atoms with van der Waals surface area (Å²) in [5.74, 6) is -1.40. The summed E-state index contributed by atoms with van der Waals surface area (Å²) < 4.78 is 9.18. The molecule has 10 nitrogen and oxygen atoms in total. The number of carbonyl (C=O) groups is 3. The monoisotopic (exact) mass is 511 g/mol. The minimum Gasteiger partial charge on any atom is -0.508 e. The predicted octanol–water partition coefficient (Wildman–Crippen LogP) is 3.23. The lowest BCUT2D eigenvalue weighted by Crippen LogP contribution is -2.50. The average Bonchev–Trinajstić information content (AvgIpc) is 3.24. The largest absolute Gasteiger partial charge is 0.508 e. The molecule has 0 saturated carbocycles. The SMILES string of the molecule is CCC(C)(C)NC(=O)C(c1ccc(O)cc1)N(C(=O)c1snc(C(N)=O)c1N)c1ccc(OC)cc1. The summed E-state index contributed by atoms with van der Waals surface area (Å²) >= 11 is 0.724. The number of rotatable bonds is 9. The Kier molecular flexibility index (Phi) is 7.83. The number of primary amides is 1. The van der Waals surface area contributed by atoms with Gasteiger partial charge in [0, 0.05) is 11.2 Å². The van der Waals surface area contributed by atoms with Crippen molar-refractivity contribution in [2.24, 2.45) is 5.73 Å². The normalized spacial score (nSPS) is 12.0. The molecule has 0 bridgehead atoms. The topological polar surface area (TPSA) is 161 Å². The summed E-state index contributed by atoms with van der Waals surface area (Å²) in [4.78, 5) is 40.7. The third-order valence-corrected chi connectivity index (χ3v) is 6.64. The Morgan fingerprint density at radius 2 is 1.75 bits per heavy atom. The van der Waals surface area contributed by atoms with Crippen molar-refractivity contribution in [2.45, 2.75) is 38.8 Å². The molecule has 0 saturated heterocycles. The van der Waals surface area contributed by atoms with Crippen LogP contribution in [0, 0.1) is 0 Å². The molecule has 190 valence electrons. The van der Waals surface area contributed by atoms with Gasteiger partial charge in [-0.2, -0.15) is 4.37 Å². The lowest BCUT2D eigenvalue weighted by atomic mass is 9.98. The Labute approximate surface area is 213 Å². The molecule has 6 N–H and O–H groups in total. The van der Waals surface area contributed by atoms with E-state index in [1.165, 1.54) is 24.1 Å². The third-order valence-electron chi connectivity index (χ3n) is 5.79. The summed E-state index contributed by atoms with van der Waals surface area (Å²) in [5.41, 5.74) is 11.3. The van der Waals surface area contributed by atoms with Gasteiger partial charge < -0.3 is 26.6 Å². The lowest BCUT2D eigenvalue weighted by molar-refractivity contribution is -0.124. The van der Waals surface area contributed by atoms with Gasteiger partial charge >= 0.3 is 0 Å². The number of hydrogen-bond donors (Lipinski definition) is 4. The Bertz CT molecular complexity index is 1250. The number of nitrogens with two attached hydrogens (primary N) is 2. The summed E-state index contributed by atoms with van der Waals surface area (Å²) in [6.45, 7) is 5.68. The van der Waals surface area contributed by atoms with Crippen LogP contribution in [0.2, 0.25) is 0 Å². The quantitative estimate of drug-likeness (QED) is 0.343. The molecule has 0 aliphatic carbocycles. The van der Waals surface area contributed by atoms with Crippen molar-refractivity contribution in [2.75, 3.05) is 17.7 Å². The molecule has 0 aliphatic rings. The van der Waals surface area contributed by atoms with E-state index in [0.29, 0.717) is 23.4 Å². The van der Waals surface area contributed by atoms with Crippen LogP contribution in [0.4, 0.5) is 11.4 Å². The van der Waals surface area contributed by atoms with Crippen molar-refractivity contribution in [3.8, 4) is 11.5 Å². The first-order chi connectivity index (χ1) is 17.0. The van der Waals surface area contributed by atoms with Gasteiger partial charge in [0.1, 0.15) is 22.4 Å². The summed E-state index contributed by atoms with van der Waals surface area (Å²) in [6, 6.07) is 11.4. The molecule has 0 radical (unpaired) electrons. The van der Waals surface area contributed by atoms with Crippen LogP contribution in [0.3, 0.4) is 0 Å². The van der Waals surface area contributed by atoms with E-state index in [2.05, 4.69) is 9.69 Å². The van der Waals surface area contributed by atoms with E-state index in [1.807, 2.05) is 20.8 Å². The van der Waals surface area contributed by atoms with Crippen LogP contribution in [0.25, 0.3) is 0 Å². The van der Waals surface area contributed by atoms with Crippen molar-refractivity contribution < 1.29 is 24.2 Å². The molecule has 0 fully saturated rings. The van der Waals surface area contributed by atoms with Gasteiger partial charge in [-0.1, -0.05) is 19.1 Å². The highest BCUT2D eigenvalue weighted by atomic mass is 32.1. The lowest BCUT2D eigenvalue weighted by Gasteiger charge is -2.34. The Morgan fingerprint density at radius 1 is 1.14 bits per heavy atom. The number of hydrogen-bond acceptors (Lipinski definition) is 8. The molecule has 0 aliphatic heterocycles. The van der Waals surface area contributed by atoms with E-state index in [1.54, 1.807) is 36.4 Å². The fourth-order valence-corrected chi connectivity index (χ4v) is 4.17. The number of aromatic hydroxyl groups is 1. The van der Waals surface area contributed by atoms with E-state index in [4.69, 9.17) is 16.2 Å². The minimum absolute atomic E-state index is 0.00641. The number of carbonyl (C=O) groups excluding carboxylic acids is 3. The Balaban J connectivity index is 2.22. The zero-order chi connectivity index (χ0) is 26.6. The fraction of sp³-hybridized carbons (Fsp3) is 0.280. The Morgan fingerprint density at radius 3 is 2.25 bits per heavy atom. The zero-order valence-electron chi connectivity index (χ0n) is 20.4. The first-order valence-electron chi connectivity index (χ1n) is 11.1. The number of aromatic nitrogens is 1. The maximum Gasteiger partial charge on any atom is 0.273 e. The molecule has 2 aromatic carbocycles. The van der Waals surface area contributed by atoms with Crippen LogP contribution >= 0.6 is 11.5 Å². The standard InChI is InChI=1S/C25H29N5O5S/c1-5-25(2,3)28-23(33)20(14-6-10-16(31)11-7-14)30(15-8-12-17(35-4)13-9-15)24(34)21-18(26)19(22(27)32)29-36-21/h6-13,20,31H,5,26H2,1-4H3,(H2,27,32)(H,28,33). The van der Waals surface area contributed by atoms with Crippen molar-refractivity contribution in [1.29, 1.82) is 0 Å². The highest BCUT2D eigenvalue weighted by Gasteiger charge is 2.37. The fourth-order valence-electron chi connectivity index (χ4n) is 3.43. The summed E-state index contributed by atoms with van der Waals surface area (Å²) in [6.07, 6.45) is 0.640. The van der Waals surface area contributed by atoms with Crippen LogP contribution in [0.15, 0.2) is 48.5 Å². The smallest absolute Gasteiger partial charge is 0.273 e. The average molecular weight is 512 g/mol. The van der Waals surface area contributed by atoms with E-state index < -0.39 is 29.3 Å². The van der Waals surface area contributed by atoms with Gasteiger partial charge in [-0.05, 0) is 73.8 Å². The van der Waals surface area contributed by atoms with E-state index in [-0.39, 0.29) is 22.0 Å². The van der Waals surface area contributed by atoms with Gasteiger partial charge in [0.2, 0.25) is 5.91 Å². The molecule has 3 aromatic rings. The Hall–Kier alpha value is -4.12. The maximum absolute atomic E-state index is 14.0. The number of phenols is 1. The molecular formula is C25H29N5O5S. The van der Waals surface area contributed by atoms with E-state index >= 15 is 0 Å². The molecule has 0 spiro atoms. The van der Waals surface area contributed by atoms with E-state index in [0.717, 1.165) is 11.5 Å². The second kappa shape index (κ2) is 10.6. The molecule has 3 amide bonds. The molecule has 1 atom stereocenters. The van der Waals surface area contributed by atoms with Crippen LogP contribution in [0.5, 0.6) is 11.5 Å². The van der Waals surface area contributed by atoms with Gasteiger partial charge in [-0.25, -0.2) is 0 Å². The van der Waals surface area contributed by atoms with Gasteiger partial charge in [-0.3, -0.25) is 19.3 Å². The van der Waals surface area contributed by atoms with Crippen LogP contribution in [-0.4, -0.2) is 39.9 Å². The van der Waals surface area contributed by atoms with Gasteiger partial charge in [0.15, 0.2) is 5.69 Å². The zero-order valence-corrected chi connectivity index (χ0v) is 21.3. The number of amides is 3. The first-order valence-corrected chi connectivity index (χ1v) is 11.9. The number of anilines is 2. The molecule has 1 heterocycles. The molecule has 11 heteroatoms. The number of phenolic OH excluding ortho intramolecular Hbond substituents is 1. The summed E-state index contributed by atoms with van der Waals surface area (Å²) in [5, 5.41) is 12.8. The van der Waals surface area contributed by atoms with Crippen molar-refractivity contribution in [3.05, 3.63) is 64.7 Å². The van der Waals surface area contributed by atoms with Crippen LogP contribution in [0.1, 0.15) is 59.0 Å². The third kappa shape index (κ3) is 5.57. The van der Waals surface area contributed by atoms with E-state index in [9.17, 15) is 19.5 Å². The minimum atomic E-state index is -1.16. The molecule has 3 rings (SSSR count). The number of ether oxygens (including phenoxy) is 1. The van der Waals surface area contributed by atoms with Crippen molar-refractivity contribution in [1.82, 2.24) is 9.69 Å². The number of nitrogens with zero attached hydrogens (tertiary/aromatic N) is 2. The molecule has 1 aromatic heterocycles. The van der Waals surface area contributed by atoms with Crippen molar-refractivity contribution >= 4 is 40.6 Å². The molecule has 1 unspecified atom stereocenters. The van der Waals surface area contributed by atoms with Gasteiger partial charge in [0.05, 0.1) is 12.8 Å². The van der Waals surface area contributed by atoms with Gasteiger partial charge in [-0.15, -0.1) is 0 Å². The first kappa shape index (κ1) is 26.5. The van der Waals surface area contributed by atoms with Crippen LogP contribution < -0.4 is 26.4 Å². The summed E-state index contributed by atoms with van der Waals surface area (Å²) in [7, 11) is 1.51. The predicted molar refractivity (Wildman–Crippen MR) is 138 cm³/mol. The number of methoxy groups -OCH3 is 1. The number of nitrogen functional groups attached to an aromatic ring is 1. The van der Waals surface area contributed by atoms with Crippen LogP contribution in [-0.2, 0) is 4.79 Å². The number of nitrogens with one attached hydrogen (secondary N) is 1. The second-order valence-electron chi connectivity index (χ2n) is 8.73. The number of benzene rings is 2. The highest BCUT2D eigenvalue weighted by molar-refractivity contribution is 7.09. The molecule has 36 heavy (non-hydrogen) atoms. The highest BCUT2D eigenvalue weighted by Crippen LogP contribution is 2.34. The second-order valence-corrected chi connectivity index (χ2v) is 9.51. The van der Waals surface area contributed by atoms with Crippen molar-refractivity contribution in [3.63, 3.8) is 0 Å². The van der Waals surface area contributed by atoms with Gasteiger partial charge in [0.25, 0.3) is 11.8 Å². The molecular weight excluding hydrogens is 482 g/mol. The maximum atomic E-state index is 14.0.